The maximum atomic E-state index is 5.52. The van der Waals surface area contributed by atoms with Crippen molar-refractivity contribution in [3.8, 4) is 0 Å². The van der Waals surface area contributed by atoms with Crippen molar-refractivity contribution >= 4 is 5.84 Å². The van der Waals surface area contributed by atoms with E-state index in [9.17, 15) is 0 Å². The summed E-state index contributed by atoms with van der Waals surface area (Å²) in [6, 6.07) is 10.8. The number of aliphatic imine (C=N–C) groups is 1. The summed E-state index contributed by atoms with van der Waals surface area (Å²) in [5.41, 5.74) is 6.85. The highest BCUT2D eigenvalue weighted by Crippen LogP contribution is 2.06. The minimum absolute atomic E-state index is 0.402. The summed E-state index contributed by atoms with van der Waals surface area (Å²) in [6.07, 6.45) is 0. The van der Waals surface area contributed by atoms with Crippen LogP contribution in [0.1, 0.15) is 19.4 Å². The van der Waals surface area contributed by atoms with Crippen LogP contribution in [0.4, 0.5) is 0 Å². The second kappa shape index (κ2) is 6.28. The molecular formula is C13H21N3. The first kappa shape index (κ1) is 12.7. The first-order valence-corrected chi connectivity index (χ1v) is 5.60. The van der Waals surface area contributed by atoms with Gasteiger partial charge in [0.05, 0.1) is 12.4 Å². The summed E-state index contributed by atoms with van der Waals surface area (Å²) in [5.74, 6) is 0.653. The van der Waals surface area contributed by atoms with Gasteiger partial charge in [-0.15, -0.1) is 0 Å². The first-order chi connectivity index (χ1) is 7.59. The molecule has 1 unspecified atom stereocenters. The van der Waals surface area contributed by atoms with E-state index < -0.39 is 0 Å². The standard InChI is InChI=1S/C13H21N3/c1-11(9-15-12(2)14)16(3)10-13-7-5-4-6-8-13/h4-8,11H,9-10H2,1-3H3,(H2,14,15). The van der Waals surface area contributed by atoms with E-state index in [4.69, 9.17) is 5.73 Å². The van der Waals surface area contributed by atoms with Gasteiger partial charge in [0.25, 0.3) is 0 Å². The third-order valence-corrected chi connectivity index (χ3v) is 2.63. The number of hydrogen-bond acceptors (Lipinski definition) is 2. The van der Waals surface area contributed by atoms with E-state index in [-0.39, 0.29) is 0 Å². The van der Waals surface area contributed by atoms with E-state index in [0.717, 1.165) is 13.1 Å². The lowest BCUT2D eigenvalue weighted by Crippen LogP contribution is -2.31. The van der Waals surface area contributed by atoms with Crippen molar-refractivity contribution in [1.29, 1.82) is 0 Å². The van der Waals surface area contributed by atoms with Crippen molar-refractivity contribution in [3.05, 3.63) is 35.9 Å². The van der Waals surface area contributed by atoms with Crippen LogP contribution in [-0.4, -0.2) is 30.4 Å². The van der Waals surface area contributed by atoms with Gasteiger partial charge in [0.1, 0.15) is 0 Å². The predicted octanol–water partition coefficient (Wildman–Crippen LogP) is 1.88. The van der Waals surface area contributed by atoms with E-state index in [1.54, 1.807) is 0 Å². The van der Waals surface area contributed by atoms with Gasteiger partial charge >= 0.3 is 0 Å². The average molecular weight is 219 g/mol. The minimum Gasteiger partial charge on any atom is -0.388 e. The molecule has 1 atom stereocenters. The number of nitrogens with zero attached hydrogens (tertiary/aromatic N) is 2. The normalized spacial score (nSPS) is 14.1. The van der Waals surface area contributed by atoms with Crippen molar-refractivity contribution in [2.24, 2.45) is 10.7 Å². The highest BCUT2D eigenvalue weighted by molar-refractivity contribution is 5.77. The van der Waals surface area contributed by atoms with Gasteiger partial charge in [-0.05, 0) is 26.5 Å². The maximum Gasteiger partial charge on any atom is 0.0906 e. The van der Waals surface area contributed by atoms with Crippen LogP contribution in [-0.2, 0) is 6.54 Å². The molecule has 0 aliphatic carbocycles. The molecule has 0 aliphatic rings. The maximum absolute atomic E-state index is 5.52. The van der Waals surface area contributed by atoms with Crippen molar-refractivity contribution < 1.29 is 0 Å². The van der Waals surface area contributed by atoms with Gasteiger partial charge in [-0.25, -0.2) is 0 Å². The summed E-state index contributed by atoms with van der Waals surface area (Å²) in [7, 11) is 2.11. The smallest absolute Gasteiger partial charge is 0.0906 e. The minimum atomic E-state index is 0.402. The van der Waals surface area contributed by atoms with Gasteiger partial charge in [-0.2, -0.15) is 0 Å². The molecule has 88 valence electrons. The number of likely N-dealkylation sites (N-methyl/N-ethyl adjacent to an activating group) is 1. The SMILES string of the molecule is CC(N)=NCC(C)N(C)Cc1ccccc1. The lowest BCUT2D eigenvalue weighted by molar-refractivity contribution is 0.255. The Hall–Kier alpha value is -1.35. The van der Waals surface area contributed by atoms with Crippen LogP contribution < -0.4 is 5.73 Å². The lowest BCUT2D eigenvalue weighted by Gasteiger charge is -2.23. The van der Waals surface area contributed by atoms with Crippen LogP contribution in [0.3, 0.4) is 0 Å². The van der Waals surface area contributed by atoms with E-state index in [0.29, 0.717) is 11.9 Å². The molecule has 0 spiro atoms. The fraction of sp³-hybridized carbons (Fsp3) is 0.462. The molecule has 0 aromatic heterocycles. The van der Waals surface area contributed by atoms with Crippen molar-refractivity contribution in [2.45, 2.75) is 26.4 Å². The zero-order valence-corrected chi connectivity index (χ0v) is 10.4. The molecule has 0 amide bonds. The molecule has 0 saturated carbocycles. The lowest BCUT2D eigenvalue weighted by atomic mass is 10.2. The summed E-state index contributed by atoms with van der Waals surface area (Å²) >= 11 is 0. The molecule has 2 N–H and O–H groups in total. The quantitative estimate of drug-likeness (QED) is 0.607. The number of amidine groups is 1. The van der Waals surface area contributed by atoms with Gasteiger partial charge in [0.2, 0.25) is 0 Å². The van der Waals surface area contributed by atoms with Gasteiger partial charge in [0.15, 0.2) is 0 Å². The second-order valence-electron chi connectivity index (χ2n) is 4.23. The largest absolute Gasteiger partial charge is 0.388 e. The first-order valence-electron chi connectivity index (χ1n) is 5.60. The average Bonchev–Trinajstić information content (AvgIpc) is 2.27. The van der Waals surface area contributed by atoms with Crippen molar-refractivity contribution in [1.82, 2.24) is 4.90 Å². The topological polar surface area (TPSA) is 41.6 Å². The van der Waals surface area contributed by atoms with Gasteiger partial charge in [-0.3, -0.25) is 9.89 Å². The Kier molecular flexibility index (Phi) is 4.99. The molecule has 0 aliphatic heterocycles. The van der Waals surface area contributed by atoms with Gasteiger partial charge < -0.3 is 5.73 Å². The molecule has 0 saturated heterocycles. The van der Waals surface area contributed by atoms with E-state index in [1.165, 1.54) is 5.56 Å². The number of nitrogens with two attached hydrogens (primary N) is 1. The summed E-state index contributed by atoms with van der Waals surface area (Å²) in [6.45, 7) is 5.69. The number of rotatable bonds is 5. The fourth-order valence-corrected chi connectivity index (χ4v) is 1.44. The number of hydrogen-bond donors (Lipinski definition) is 1. The molecule has 3 nitrogen and oxygen atoms in total. The van der Waals surface area contributed by atoms with E-state index in [2.05, 4.69) is 48.1 Å². The third-order valence-electron chi connectivity index (χ3n) is 2.63. The second-order valence-corrected chi connectivity index (χ2v) is 4.23. The summed E-state index contributed by atoms with van der Waals surface area (Å²) < 4.78 is 0. The molecule has 0 bridgehead atoms. The molecule has 3 heteroatoms. The predicted molar refractivity (Wildman–Crippen MR) is 69.5 cm³/mol. The van der Waals surface area contributed by atoms with E-state index >= 15 is 0 Å². The molecule has 0 fully saturated rings. The van der Waals surface area contributed by atoms with E-state index in [1.807, 2.05) is 13.0 Å². The highest BCUT2D eigenvalue weighted by Gasteiger charge is 2.08. The Labute approximate surface area is 98.0 Å². The highest BCUT2D eigenvalue weighted by atomic mass is 15.1. The van der Waals surface area contributed by atoms with Crippen LogP contribution in [0.25, 0.3) is 0 Å². The zero-order chi connectivity index (χ0) is 12.0. The van der Waals surface area contributed by atoms with Crippen LogP contribution in [0.15, 0.2) is 35.3 Å². The zero-order valence-electron chi connectivity index (χ0n) is 10.4. The van der Waals surface area contributed by atoms with Crippen molar-refractivity contribution in [2.75, 3.05) is 13.6 Å². The van der Waals surface area contributed by atoms with Crippen LogP contribution in [0.2, 0.25) is 0 Å². The Morgan fingerprint density at radius 1 is 1.38 bits per heavy atom. The molecule has 1 rings (SSSR count). The van der Waals surface area contributed by atoms with Crippen LogP contribution >= 0.6 is 0 Å². The molecule has 1 aromatic rings. The third kappa shape index (κ3) is 4.45. The molecular weight excluding hydrogens is 198 g/mol. The fourth-order valence-electron chi connectivity index (χ4n) is 1.44. The Morgan fingerprint density at radius 2 is 2.00 bits per heavy atom. The van der Waals surface area contributed by atoms with Gasteiger partial charge in [-0.1, -0.05) is 30.3 Å². The van der Waals surface area contributed by atoms with Gasteiger partial charge in [0, 0.05) is 12.6 Å². The Bertz CT molecular complexity index is 328. The number of benzene rings is 1. The molecule has 16 heavy (non-hydrogen) atoms. The molecule has 1 aromatic carbocycles. The summed E-state index contributed by atoms with van der Waals surface area (Å²) in [5, 5.41) is 0. The monoisotopic (exact) mass is 219 g/mol. The molecule has 0 radical (unpaired) electrons. The summed E-state index contributed by atoms with van der Waals surface area (Å²) in [4.78, 5) is 6.52. The van der Waals surface area contributed by atoms with Crippen molar-refractivity contribution in [3.63, 3.8) is 0 Å². The Balaban J connectivity index is 2.46. The van der Waals surface area contributed by atoms with Crippen LogP contribution in [0, 0.1) is 0 Å². The molecule has 0 heterocycles. The van der Waals surface area contributed by atoms with Crippen LogP contribution in [0.5, 0.6) is 0 Å². The Morgan fingerprint density at radius 3 is 2.56 bits per heavy atom.